The molecule has 4 saturated carbocycles. The van der Waals surface area contributed by atoms with Gasteiger partial charge in [0.05, 0.1) is 18.3 Å². The fraction of sp³-hybridized carbons (Fsp3) is 0.704. The van der Waals surface area contributed by atoms with Crippen LogP contribution in [-0.2, 0) is 0 Å². The van der Waals surface area contributed by atoms with E-state index in [1.807, 2.05) is 0 Å². The third kappa shape index (κ3) is 4.40. The molecule has 4 fully saturated rings. The highest BCUT2D eigenvalue weighted by atomic mass is 16.3. The predicted molar refractivity (Wildman–Crippen MR) is 122 cm³/mol. The standard InChI is InChI=1S/C27H40O3/c1-17(6-13-25(29)20-8-9-20)23-11-12-24-19(5-4-14-27(23,24)3)7-10-21-15-22(28)16-26(30)18(21)2/h6-7,10,13,17,20,22-26,28-30H,2,4-5,8-9,11-12,14-16H2,1,3H3/b13-6+,19-7+,21-10+/t17-,22-,23?,24+,25?,26-,27+/m0/s1. The Balaban J connectivity index is 1.48. The molecule has 7 atom stereocenters. The van der Waals surface area contributed by atoms with Crippen LogP contribution in [0.5, 0.6) is 0 Å². The smallest absolute Gasteiger partial charge is 0.0811 e. The summed E-state index contributed by atoms with van der Waals surface area (Å²) >= 11 is 0. The van der Waals surface area contributed by atoms with Gasteiger partial charge in [-0.3, -0.25) is 0 Å². The van der Waals surface area contributed by atoms with Gasteiger partial charge in [-0.05, 0) is 91.6 Å². The predicted octanol–water partition coefficient (Wildman–Crippen LogP) is 5.09. The van der Waals surface area contributed by atoms with Crippen molar-refractivity contribution in [2.75, 3.05) is 0 Å². The van der Waals surface area contributed by atoms with Gasteiger partial charge in [0.1, 0.15) is 0 Å². The summed E-state index contributed by atoms with van der Waals surface area (Å²) in [5, 5.41) is 30.4. The molecular weight excluding hydrogens is 372 g/mol. The summed E-state index contributed by atoms with van der Waals surface area (Å²) in [6.45, 7) is 8.88. The number of fused-ring (bicyclic) bond motifs is 1. The molecule has 0 aromatic rings. The van der Waals surface area contributed by atoms with Crippen molar-refractivity contribution in [3.05, 3.63) is 47.6 Å². The van der Waals surface area contributed by atoms with Crippen LogP contribution in [-0.4, -0.2) is 33.6 Å². The molecule has 0 bridgehead atoms. The van der Waals surface area contributed by atoms with E-state index in [-0.39, 0.29) is 6.10 Å². The van der Waals surface area contributed by atoms with Gasteiger partial charge in [0.2, 0.25) is 0 Å². The molecule has 3 nitrogen and oxygen atoms in total. The lowest BCUT2D eigenvalue weighted by Crippen LogP contribution is -2.35. The van der Waals surface area contributed by atoms with E-state index in [0.717, 1.165) is 17.6 Å². The number of aliphatic hydroxyl groups excluding tert-OH is 3. The monoisotopic (exact) mass is 412 g/mol. The summed E-state index contributed by atoms with van der Waals surface area (Å²) in [5.74, 6) is 2.28. The van der Waals surface area contributed by atoms with Crippen molar-refractivity contribution in [1.29, 1.82) is 0 Å². The fourth-order valence-corrected chi connectivity index (χ4v) is 6.63. The molecule has 0 saturated heterocycles. The third-order valence-electron chi connectivity index (χ3n) is 8.65. The topological polar surface area (TPSA) is 60.7 Å². The Bertz CT molecular complexity index is 743. The first-order valence-electron chi connectivity index (χ1n) is 12.1. The minimum absolute atomic E-state index is 0.250. The maximum atomic E-state index is 10.2. The van der Waals surface area contributed by atoms with Crippen molar-refractivity contribution in [2.45, 2.75) is 89.9 Å². The van der Waals surface area contributed by atoms with Gasteiger partial charge in [-0.1, -0.05) is 50.3 Å². The average molecular weight is 413 g/mol. The van der Waals surface area contributed by atoms with Gasteiger partial charge in [0.15, 0.2) is 0 Å². The van der Waals surface area contributed by atoms with Crippen LogP contribution < -0.4 is 0 Å². The zero-order valence-corrected chi connectivity index (χ0v) is 18.8. The molecule has 30 heavy (non-hydrogen) atoms. The van der Waals surface area contributed by atoms with E-state index in [4.69, 9.17) is 0 Å². The second-order valence-corrected chi connectivity index (χ2v) is 10.7. The minimum atomic E-state index is -0.621. The summed E-state index contributed by atoms with van der Waals surface area (Å²) in [7, 11) is 0. The first-order chi connectivity index (χ1) is 14.3. The van der Waals surface area contributed by atoms with Gasteiger partial charge in [-0.2, -0.15) is 0 Å². The van der Waals surface area contributed by atoms with E-state index in [1.54, 1.807) is 0 Å². The number of hydrogen-bond acceptors (Lipinski definition) is 3. The van der Waals surface area contributed by atoms with E-state index < -0.39 is 12.2 Å². The molecule has 0 aromatic carbocycles. The number of aliphatic hydroxyl groups is 3. The second kappa shape index (κ2) is 8.76. The number of rotatable bonds is 5. The first kappa shape index (κ1) is 22.0. The summed E-state index contributed by atoms with van der Waals surface area (Å²) in [6.07, 6.45) is 16.9. The highest BCUT2D eigenvalue weighted by molar-refractivity contribution is 5.38. The van der Waals surface area contributed by atoms with Crippen LogP contribution in [0.25, 0.3) is 0 Å². The van der Waals surface area contributed by atoms with Crippen molar-refractivity contribution in [2.24, 2.45) is 29.1 Å². The van der Waals surface area contributed by atoms with Crippen LogP contribution in [0.15, 0.2) is 47.6 Å². The van der Waals surface area contributed by atoms with Crippen molar-refractivity contribution in [3.63, 3.8) is 0 Å². The highest BCUT2D eigenvalue weighted by Gasteiger charge is 2.50. The molecular formula is C27H40O3. The lowest BCUT2D eigenvalue weighted by Gasteiger charge is -2.44. The molecule has 4 aliphatic rings. The van der Waals surface area contributed by atoms with Crippen LogP contribution in [0.1, 0.15) is 71.6 Å². The highest BCUT2D eigenvalue weighted by Crippen LogP contribution is 2.59. The summed E-state index contributed by atoms with van der Waals surface area (Å²) in [6, 6.07) is 0. The Hall–Kier alpha value is -1.16. The van der Waals surface area contributed by atoms with Gasteiger partial charge < -0.3 is 15.3 Å². The van der Waals surface area contributed by atoms with E-state index >= 15 is 0 Å². The SMILES string of the molecule is C=C1/C(=C/C=C2\CCC[C@]3(C)C([C@@H](C)/C=C/C(O)C4CC4)CC[C@H]23)C[C@H](O)C[C@@H]1O. The van der Waals surface area contributed by atoms with Gasteiger partial charge in [-0.15, -0.1) is 0 Å². The molecule has 4 rings (SSSR count). The quantitative estimate of drug-likeness (QED) is 0.551. The Kier molecular flexibility index (Phi) is 6.44. The zero-order chi connectivity index (χ0) is 21.5. The zero-order valence-electron chi connectivity index (χ0n) is 18.8. The van der Waals surface area contributed by atoms with E-state index in [2.05, 4.69) is 44.7 Å². The van der Waals surface area contributed by atoms with Crippen molar-refractivity contribution in [3.8, 4) is 0 Å². The molecule has 3 heteroatoms. The lowest BCUT2D eigenvalue weighted by atomic mass is 9.61. The van der Waals surface area contributed by atoms with Gasteiger partial charge in [-0.25, -0.2) is 0 Å². The molecule has 0 aromatic heterocycles. The van der Waals surface area contributed by atoms with Crippen molar-refractivity contribution < 1.29 is 15.3 Å². The Labute approximate surface area is 182 Å². The number of hydrogen-bond donors (Lipinski definition) is 3. The van der Waals surface area contributed by atoms with Gasteiger partial charge in [0.25, 0.3) is 0 Å². The van der Waals surface area contributed by atoms with E-state index in [9.17, 15) is 15.3 Å². The molecule has 0 spiro atoms. The molecule has 0 radical (unpaired) electrons. The Morgan fingerprint density at radius 1 is 1.10 bits per heavy atom. The van der Waals surface area contributed by atoms with Gasteiger partial charge in [0, 0.05) is 6.42 Å². The van der Waals surface area contributed by atoms with Crippen molar-refractivity contribution in [1.82, 2.24) is 0 Å². The molecule has 0 amide bonds. The fourth-order valence-electron chi connectivity index (χ4n) is 6.63. The second-order valence-electron chi connectivity index (χ2n) is 10.7. The molecule has 0 heterocycles. The lowest BCUT2D eigenvalue weighted by molar-refractivity contribution is 0.0862. The van der Waals surface area contributed by atoms with Crippen LogP contribution in [0.3, 0.4) is 0 Å². The van der Waals surface area contributed by atoms with Crippen LogP contribution >= 0.6 is 0 Å². The van der Waals surface area contributed by atoms with Crippen LogP contribution in [0, 0.1) is 29.1 Å². The summed E-state index contributed by atoms with van der Waals surface area (Å²) < 4.78 is 0. The minimum Gasteiger partial charge on any atom is -0.393 e. The average Bonchev–Trinajstić information content (AvgIpc) is 3.49. The molecule has 166 valence electrons. The van der Waals surface area contributed by atoms with E-state index in [0.29, 0.717) is 41.9 Å². The molecule has 0 aliphatic heterocycles. The summed E-state index contributed by atoms with van der Waals surface area (Å²) in [4.78, 5) is 0. The maximum absolute atomic E-state index is 10.2. The molecule has 2 unspecified atom stereocenters. The molecule has 3 N–H and O–H groups in total. The maximum Gasteiger partial charge on any atom is 0.0811 e. The number of allylic oxidation sites excluding steroid dienone is 4. The third-order valence-corrected chi connectivity index (χ3v) is 8.65. The normalized spacial score (nSPS) is 42.1. The van der Waals surface area contributed by atoms with E-state index in [1.165, 1.54) is 44.1 Å². The Morgan fingerprint density at radius 2 is 1.87 bits per heavy atom. The molecule has 4 aliphatic carbocycles. The Morgan fingerprint density at radius 3 is 2.60 bits per heavy atom. The first-order valence-corrected chi connectivity index (χ1v) is 12.1. The summed E-state index contributed by atoms with van der Waals surface area (Å²) in [5.41, 5.74) is 3.63. The van der Waals surface area contributed by atoms with Crippen LogP contribution in [0.2, 0.25) is 0 Å². The van der Waals surface area contributed by atoms with Crippen molar-refractivity contribution >= 4 is 0 Å². The van der Waals surface area contributed by atoms with Gasteiger partial charge >= 0.3 is 0 Å². The largest absolute Gasteiger partial charge is 0.393 e. The van der Waals surface area contributed by atoms with Crippen LogP contribution in [0.4, 0.5) is 0 Å².